The van der Waals surface area contributed by atoms with Crippen molar-refractivity contribution in [3.8, 4) is 0 Å². The molecule has 0 saturated carbocycles. The van der Waals surface area contributed by atoms with E-state index < -0.39 is 5.91 Å². The zero-order chi connectivity index (χ0) is 10.6. The molecule has 4 nitrogen and oxygen atoms in total. The number of amides is 1. The summed E-state index contributed by atoms with van der Waals surface area (Å²) in [6, 6.07) is 0. The number of rotatable bonds is 2. The second-order valence-electron chi connectivity index (χ2n) is 2.73. The fourth-order valence-electron chi connectivity index (χ4n) is 1.06. The minimum atomic E-state index is -0.391. The van der Waals surface area contributed by atoms with Crippen LogP contribution in [-0.2, 0) is 9.59 Å². The lowest BCUT2D eigenvalue weighted by molar-refractivity contribution is -0.115. The lowest BCUT2D eigenvalue weighted by atomic mass is 10.1. The highest BCUT2D eigenvalue weighted by molar-refractivity contribution is 6.22. The first kappa shape index (κ1) is 11.6. The van der Waals surface area contributed by atoms with E-state index in [-0.39, 0.29) is 22.8 Å². The lowest BCUT2D eigenvalue weighted by Gasteiger charge is -2.02. The molecule has 0 aromatic heterocycles. The predicted octanol–water partition coefficient (Wildman–Crippen LogP) is 1.41. The number of hydrogen-bond donors (Lipinski definition) is 1. The molecule has 0 fully saturated rings. The third-order valence-electron chi connectivity index (χ3n) is 1.40. The van der Waals surface area contributed by atoms with Crippen LogP contribution in [0.25, 0.3) is 0 Å². The van der Waals surface area contributed by atoms with Crippen LogP contribution in [0.3, 0.4) is 0 Å². The predicted molar refractivity (Wildman–Crippen MR) is 49.8 cm³/mol. The second kappa shape index (κ2) is 4.54. The van der Waals surface area contributed by atoms with Crippen LogP contribution in [0.2, 0.25) is 0 Å². The Bertz CT molecular complexity index is 296. The van der Waals surface area contributed by atoms with Crippen LogP contribution in [0.5, 0.6) is 0 Å². The summed E-state index contributed by atoms with van der Waals surface area (Å²) in [6.07, 6.45) is 0. The van der Waals surface area contributed by atoms with Crippen molar-refractivity contribution in [1.82, 2.24) is 0 Å². The number of aliphatic hydroxyl groups is 1. The van der Waals surface area contributed by atoms with Gasteiger partial charge in [-0.25, -0.2) is 4.99 Å². The van der Waals surface area contributed by atoms with E-state index in [4.69, 9.17) is 5.11 Å². The number of Topliss-reactive ketones (excluding diaryl/α,β-unsaturated/α-hetero) is 1. The van der Waals surface area contributed by atoms with E-state index in [1.807, 2.05) is 0 Å². The Balaban J connectivity index is 5.13. The maximum absolute atomic E-state index is 11.0. The van der Waals surface area contributed by atoms with E-state index in [1.165, 1.54) is 27.7 Å². The molecule has 72 valence electrons. The van der Waals surface area contributed by atoms with Crippen molar-refractivity contribution >= 4 is 17.4 Å². The van der Waals surface area contributed by atoms with Gasteiger partial charge in [-0.2, -0.15) is 0 Å². The number of ketones is 1. The summed E-state index contributed by atoms with van der Waals surface area (Å²) >= 11 is 0. The monoisotopic (exact) mass is 183 g/mol. The molecule has 13 heavy (non-hydrogen) atoms. The van der Waals surface area contributed by atoms with Gasteiger partial charge >= 0.3 is 0 Å². The van der Waals surface area contributed by atoms with Gasteiger partial charge in [-0.15, -0.1) is 0 Å². The zero-order valence-corrected chi connectivity index (χ0v) is 8.21. The fraction of sp³-hybridized carbons (Fsp3) is 0.444. The molecular weight excluding hydrogens is 170 g/mol. The van der Waals surface area contributed by atoms with Gasteiger partial charge in [0.2, 0.25) is 5.91 Å². The first-order chi connectivity index (χ1) is 5.86. The highest BCUT2D eigenvalue weighted by Crippen LogP contribution is 2.05. The van der Waals surface area contributed by atoms with E-state index in [2.05, 4.69) is 4.99 Å². The molecule has 0 heterocycles. The van der Waals surface area contributed by atoms with Crippen LogP contribution in [0.4, 0.5) is 0 Å². The fourth-order valence-corrected chi connectivity index (χ4v) is 1.06. The van der Waals surface area contributed by atoms with Gasteiger partial charge in [-0.05, 0) is 20.8 Å². The molecule has 1 N–H and O–H groups in total. The third kappa shape index (κ3) is 3.64. The summed E-state index contributed by atoms with van der Waals surface area (Å²) in [5.41, 5.74) is 0.357. The minimum Gasteiger partial charge on any atom is -0.512 e. The number of aliphatic imine (C=N–C) groups is 1. The van der Waals surface area contributed by atoms with Crippen LogP contribution in [0.15, 0.2) is 16.3 Å². The van der Waals surface area contributed by atoms with Crippen LogP contribution >= 0.6 is 0 Å². The van der Waals surface area contributed by atoms with E-state index in [0.717, 1.165) is 0 Å². The van der Waals surface area contributed by atoms with E-state index >= 15 is 0 Å². The number of allylic oxidation sites excluding steroid dienone is 2. The molecular formula is C9H13NO3. The normalized spacial score (nSPS) is 13.7. The van der Waals surface area contributed by atoms with Gasteiger partial charge in [0.15, 0.2) is 5.78 Å². The van der Waals surface area contributed by atoms with Crippen LogP contribution in [0, 0.1) is 0 Å². The van der Waals surface area contributed by atoms with Crippen molar-refractivity contribution in [1.29, 1.82) is 0 Å². The Morgan fingerprint density at radius 1 is 1.08 bits per heavy atom. The molecule has 1 amide bonds. The maximum Gasteiger partial charge on any atom is 0.242 e. The standard InChI is InChI=1S/C9H13NO3/c1-5(10-8(4)13)9(6(2)11)7(3)12/h11H,1-4H3/b9-6+,10-5?. The maximum atomic E-state index is 11.0. The van der Waals surface area contributed by atoms with Gasteiger partial charge in [-0.1, -0.05) is 0 Å². The Kier molecular flexibility index (Phi) is 4.04. The Morgan fingerprint density at radius 3 is 1.77 bits per heavy atom. The molecule has 0 aliphatic heterocycles. The van der Waals surface area contributed by atoms with Crippen LogP contribution in [-0.4, -0.2) is 22.5 Å². The topological polar surface area (TPSA) is 66.7 Å². The summed E-state index contributed by atoms with van der Waals surface area (Å²) in [4.78, 5) is 25.2. The van der Waals surface area contributed by atoms with Gasteiger partial charge in [0.1, 0.15) is 5.76 Å². The summed E-state index contributed by atoms with van der Waals surface area (Å²) in [7, 11) is 0. The van der Waals surface area contributed by atoms with Crippen molar-refractivity contribution in [2.75, 3.05) is 0 Å². The molecule has 0 aromatic rings. The number of hydrogen-bond acceptors (Lipinski definition) is 3. The zero-order valence-electron chi connectivity index (χ0n) is 8.21. The summed E-state index contributed by atoms with van der Waals surface area (Å²) < 4.78 is 0. The molecule has 0 aliphatic rings. The van der Waals surface area contributed by atoms with Gasteiger partial charge in [0.05, 0.1) is 11.3 Å². The Morgan fingerprint density at radius 2 is 1.54 bits per heavy atom. The SMILES string of the molecule is CC(=O)N=C(C)/C(C(C)=O)=C(/C)O. The molecule has 0 unspecified atom stereocenters. The Labute approximate surface area is 77.0 Å². The summed E-state index contributed by atoms with van der Waals surface area (Å²) in [6.45, 7) is 5.50. The number of aliphatic hydroxyl groups excluding tert-OH is 1. The lowest BCUT2D eigenvalue weighted by Crippen LogP contribution is -2.10. The van der Waals surface area contributed by atoms with Gasteiger partial charge in [-0.3, -0.25) is 9.59 Å². The summed E-state index contributed by atoms with van der Waals surface area (Å²) in [5.74, 6) is -0.810. The first-order valence-corrected chi connectivity index (χ1v) is 3.83. The van der Waals surface area contributed by atoms with Crippen molar-refractivity contribution in [2.24, 2.45) is 4.99 Å². The quantitative estimate of drug-likeness (QED) is 0.400. The minimum absolute atomic E-state index is 0.107. The smallest absolute Gasteiger partial charge is 0.242 e. The summed E-state index contributed by atoms with van der Waals surface area (Å²) in [5, 5.41) is 9.13. The number of carbonyl (C=O) groups excluding carboxylic acids is 2. The molecule has 4 heteroatoms. The van der Waals surface area contributed by atoms with Crippen LogP contribution in [0.1, 0.15) is 27.7 Å². The van der Waals surface area contributed by atoms with E-state index in [1.54, 1.807) is 0 Å². The van der Waals surface area contributed by atoms with Gasteiger partial charge in [0, 0.05) is 6.92 Å². The number of carbonyl (C=O) groups is 2. The molecule has 0 radical (unpaired) electrons. The van der Waals surface area contributed by atoms with Crippen molar-refractivity contribution in [2.45, 2.75) is 27.7 Å². The van der Waals surface area contributed by atoms with E-state index in [9.17, 15) is 9.59 Å². The molecule has 0 rings (SSSR count). The highest BCUT2D eigenvalue weighted by atomic mass is 16.3. The molecule has 0 atom stereocenters. The molecule has 0 aromatic carbocycles. The Hall–Kier alpha value is -1.45. The van der Waals surface area contributed by atoms with Gasteiger partial charge < -0.3 is 5.11 Å². The number of nitrogens with zero attached hydrogens (tertiary/aromatic N) is 1. The largest absolute Gasteiger partial charge is 0.512 e. The second-order valence-corrected chi connectivity index (χ2v) is 2.73. The van der Waals surface area contributed by atoms with Gasteiger partial charge in [0.25, 0.3) is 0 Å². The molecule has 0 spiro atoms. The average Bonchev–Trinajstić information content (AvgIpc) is 1.81. The van der Waals surface area contributed by atoms with Crippen molar-refractivity contribution in [3.05, 3.63) is 11.3 Å². The van der Waals surface area contributed by atoms with Crippen molar-refractivity contribution in [3.63, 3.8) is 0 Å². The highest BCUT2D eigenvalue weighted by Gasteiger charge is 2.11. The van der Waals surface area contributed by atoms with Crippen molar-refractivity contribution < 1.29 is 14.7 Å². The first-order valence-electron chi connectivity index (χ1n) is 3.83. The van der Waals surface area contributed by atoms with Crippen LogP contribution < -0.4 is 0 Å². The molecule has 0 bridgehead atoms. The molecule has 0 saturated heterocycles. The molecule has 0 aliphatic carbocycles. The third-order valence-corrected chi connectivity index (χ3v) is 1.40. The van der Waals surface area contributed by atoms with E-state index in [0.29, 0.717) is 0 Å². The average molecular weight is 183 g/mol.